The van der Waals surface area contributed by atoms with Gasteiger partial charge in [0, 0.05) is 11.8 Å². The third-order valence-electron chi connectivity index (χ3n) is 2.62. The predicted octanol–water partition coefficient (Wildman–Crippen LogP) is 2.39. The topological polar surface area (TPSA) is 35.5 Å². The molecule has 0 amide bonds. The molecule has 1 fully saturated rings. The molecule has 0 spiro atoms. The average Bonchev–Trinajstić information content (AvgIpc) is 2.65. The Kier molecular flexibility index (Phi) is 2.80. The third-order valence-corrected chi connectivity index (χ3v) is 3.54. The second-order valence-corrected chi connectivity index (χ2v) is 5.12. The van der Waals surface area contributed by atoms with E-state index in [1.165, 1.54) is 11.8 Å². The summed E-state index contributed by atoms with van der Waals surface area (Å²) in [7, 11) is 0. The number of hydrogen-bond donors (Lipinski definition) is 0. The van der Waals surface area contributed by atoms with E-state index in [9.17, 15) is 4.79 Å². The van der Waals surface area contributed by atoms with Gasteiger partial charge in [0.25, 0.3) is 0 Å². The molecule has 0 aliphatic carbocycles. The van der Waals surface area contributed by atoms with Crippen LogP contribution in [0.4, 0.5) is 0 Å². The number of ether oxygens (including phenoxy) is 2. The quantitative estimate of drug-likeness (QED) is 0.742. The van der Waals surface area contributed by atoms with Gasteiger partial charge in [-0.05, 0) is 11.4 Å². The van der Waals surface area contributed by atoms with Crippen molar-refractivity contribution in [3.63, 3.8) is 0 Å². The molecule has 2 unspecified atom stereocenters. The van der Waals surface area contributed by atoms with Gasteiger partial charge in [-0.15, -0.1) is 11.3 Å². The van der Waals surface area contributed by atoms with E-state index < -0.39 is 0 Å². The maximum Gasteiger partial charge on any atom is 0.302 e. The highest BCUT2D eigenvalue weighted by molar-refractivity contribution is 7.10. The summed E-state index contributed by atoms with van der Waals surface area (Å²) in [5, 5.41) is 2.03. The van der Waals surface area contributed by atoms with Crippen LogP contribution in [0.25, 0.3) is 0 Å². The van der Waals surface area contributed by atoms with Crippen molar-refractivity contribution in [1.29, 1.82) is 0 Å². The summed E-state index contributed by atoms with van der Waals surface area (Å²) in [5.41, 5.74) is -0.0590. The van der Waals surface area contributed by atoms with Crippen LogP contribution in [0.15, 0.2) is 17.5 Å². The minimum absolute atomic E-state index is 0.0590. The van der Waals surface area contributed by atoms with Crippen LogP contribution in [0.1, 0.15) is 24.8 Å². The molecule has 2 heterocycles. The first kappa shape index (κ1) is 10.6. The normalized spacial score (nSPS) is 29.6. The van der Waals surface area contributed by atoms with E-state index in [0.29, 0.717) is 13.2 Å². The molecule has 0 aromatic carbocycles. The van der Waals surface area contributed by atoms with Crippen molar-refractivity contribution < 1.29 is 14.3 Å². The molecule has 3 nitrogen and oxygen atoms in total. The van der Waals surface area contributed by atoms with Crippen LogP contribution in [0.5, 0.6) is 0 Å². The Morgan fingerprint density at radius 2 is 2.60 bits per heavy atom. The van der Waals surface area contributed by atoms with Crippen LogP contribution in [-0.4, -0.2) is 19.2 Å². The molecule has 2 rings (SSSR count). The zero-order valence-corrected chi connectivity index (χ0v) is 9.67. The second kappa shape index (κ2) is 3.94. The van der Waals surface area contributed by atoms with Gasteiger partial charge in [-0.2, -0.15) is 0 Å². The molecule has 0 N–H and O–H groups in total. The summed E-state index contributed by atoms with van der Waals surface area (Å²) in [4.78, 5) is 12.0. The van der Waals surface area contributed by atoms with E-state index in [2.05, 4.69) is 13.0 Å². The molecule has 1 aromatic heterocycles. The van der Waals surface area contributed by atoms with Gasteiger partial charge in [0.15, 0.2) is 0 Å². The maximum atomic E-state index is 10.8. The molecule has 4 heteroatoms. The Labute approximate surface area is 93.0 Å². The van der Waals surface area contributed by atoms with Crippen LogP contribution in [0.2, 0.25) is 0 Å². The van der Waals surface area contributed by atoms with Crippen LogP contribution in [-0.2, 0) is 14.3 Å². The smallest absolute Gasteiger partial charge is 0.302 e. The summed E-state index contributed by atoms with van der Waals surface area (Å²) in [6.07, 6.45) is 0.0804. The minimum atomic E-state index is -0.229. The highest BCUT2D eigenvalue weighted by atomic mass is 32.1. The Balaban J connectivity index is 2.01. The zero-order valence-electron chi connectivity index (χ0n) is 8.86. The summed E-state index contributed by atoms with van der Waals surface area (Å²) < 4.78 is 10.6. The molecule has 1 saturated heterocycles. The monoisotopic (exact) mass is 226 g/mol. The van der Waals surface area contributed by atoms with Crippen LogP contribution in [0, 0.1) is 5.41 Å². The average molecular weight is 226 g/mol. The largest absolute Gasteiger partial charge is 0.465 e. The molecule has 82 valence electrons. The highest BCUT2D eigenvalue weighted by Crippen LogP contribution is 2.47. The third kappa shape index (κ3) is 2.06. The standard InChI is InChI=1S/C11H14O3S/c1-8(12)13-6-11(2)7-14-10(11)9-4-3-5-15-9/h3-5,10H,6-7H2,1-2H3. The predicted molar refractivity (Wildman–Crippen MR) is 57.8 cm³/mol. The van der Waals surface area contributed by atoms with E-state index in [4.69, 9.17) is 9.47 Å². The van der Waals surface area contributed by atoms with Crippen molar-refractivity contribution in [2.75, 3.05) is 13.2 Å². The molecule has 2 atom stereocenters. The summed E-state index contributed by atoms with van der Waals surface area (Å²) in [6.45, 7) is 4.61. The molecule has 1 aromatic rings. The zero-order chi connectivity index (χ0) is 10.9. The van der Waals surface area contributed by atoms with E-state index in [1.807, 2.05) is 11.4 Å². The minimum Gasteiger partial charge on any atom is -0.465 e. The number of carbonyl (C=O) groups excluding carboxylic acids is 1. The van der Waals surface area contributed by atoms with Gasteiger partial charge in [-0.3, -0.25) is 4.79 Å². The Morgan fingerprint density at radius 3 is 3.07 bits per heavy atom. The number of carbonyl (C=O) groups is 1. The lowest BCUT2D eigenvalue weighted by Gasteiger charge is -2.45. The fourth-order valence-electron chi connectivity index (χ4n) is 1.70. The molecular formula is C11H14O3S. The van der Waals surface area contributed by atoms with Crippen molar-refractivity contribution in [2.24, 2.45) is 5.41 Å². The first-order valence-electron chi connectivity index (χ1n) is 4.90. The van der Waals surface area contributed by atoms with Crippen molar-refractivity contribution in [3.05, 3.63) is 22.4 Å². The Morgan fingerprint density at radius 1 is 1.80 bits per heavy atom. The van der Waals surface area contributed by atoms with Crippen molar-refractivity contribution >= 4 is 17.3 Å². The van der Waals surface area contributed by atoms with Gasteiger partial charge in [-0.25, -0.2) is 0 Å². The summed E-state index contributed by atoms with van der Waals surface area (Å²) in [6, 6.07) is 4.06. The van der Waals surface area contributed by atoms with Gasteiger partial charge in [0.05, 0.1) is 12.0 Å². The Hall–Kier alpha value is -0.870. The maximum absolute atomic E-state index is 10.8. The molecular weight excluding hydrogens is 212 g/mol. The molecule has 0 bridgehead atoms. The fraction of sp³-hybridized carbons (Fsp3) is 0.545. The lowest BCUT2D eigenvalue weighted by molar-refractivity contribution is -0.206. The van der Waals surface area contributed by atoms with Gasteiger partial charge < -0.3 is 9.47 Å². The van der Waals surface area contributed by atoms with Crippen LogP contribution >= 0.6 is 11.3 Å². The van der Waals surface area contributed by atoms with Crippen molar-refractivity contribution in [2.45, 2.75) is 20.0 Å². The first-order chi connectivity index (χ1) is 7.12. The van der Waals surface area contributed by atoms with Crippen molar-refractivity contribution in [3.8, 4) is 0 Å². The molecule has 0 radical (unpaired) electrons. The second-order valence-electron chi connectivity index (χ2n) is 4.14. The number of hydrogen-bond acceptors (Lipinski definition) is 4. The van der Waals surface area contributed by atoms with Gasteiger partial charge in [0.1, 0.15) is 12.7 Å². The molecule has 1 aliphatic rings. The van der Waals surface area contributed by atoms with Crippen LogP contribution in [0.3, 0.4) is 0 Å². The lowest BCUT2D eigenvalue weighted by Crippen LogP contribution is -2.46. The first-order valence-corrected chi connectivity index (χ1v) is 5.78. The van der Waals surface area contributed by atoms with Gasteiger partial charge in [-0.1, -0.05) is 13.0 Å². The van der Waals surface area contributed by atoms with Crippen molar-refractivity contribution in [1.82, 2.24) is 0 Å². The van der Waals surface area contributed by atoms with E-state index >= 15 is 0 Å². The SMILES string of the molecule is CC(=O)OCC1(C)COC1c1cccs1. The highest BCUT2D eigenvalue weighted by Gasteiger charge is 2.46. The van der Waals surface area contributed by atoms with E-state index in [-0.39, 0.29) is 17.5 Å². The lowest BCUT2D eigenvalue weighted by atomic mass is 9.80. The van der Waals surface area contributed by atoms with Crippen LogP contribution < -0.4 is 0 Å². The summed E-state index contributed by atoms with van der Waals surface area (Å²) in [5.74, 6) is -0.229. The Bertz CT molecular complexity index is 347. The van der Waals surface area contributed by atoms with Gasteiger partial charge >= 0.3 is 5.97 Å². The number of esters is 1. The van der Waals surface area contributed by atoms with E-state index in [1.54, 1.807) is 11.3 Å². The molecule has 0 saturated carbocycles. The van der Waals surface area contributed by atoms with Gasteiger partial charge in [0.2, 0.25) is 0 Å². The number of thiophene rings is 1. The molecule has 15 heavy (non-hydrogen) atoms. The number of rotatable bonds is 3. The molecule has 1 aliphatic heterocycles. The fourth-order valence-corrected chi connectivity index (χ4v) is 2.65. The van der Waals surface area contributed by atoms with E-state index in [0.717, 1.165) is 0 Å². The summed E-state index contributed by atoms with van der Waals surface area (Å²) >= 11 is 1.68.